The van der Waals surface area contributed by atoms with Crippen LogP contribution in [0.25, 0.3) is 0 Å². The van der Waals surface area contributed by atoms with Crippen LogP contribution < -0.4 is 5.32 Å². The fraction of sp³-hybridized carbons (Fsp3) is 0.471. The molecule has 1 heterocycles. The van der Waals surface area contributed by atoms with Crippen molar-refractivity contribution in [1.82, 2.24) is 4.90 Å². The number of carboxylic acids is 1. The van der Waals surface area contributed by atoms with Crippen LogP contribution in [0.1, 0.15) is 43.0 Å². The maximum absolute atomic E-state index is 12.4. The molecule has 2 rings (SSSR count). The first kappa shape index (κ1) is 18.3. The van der Waals surface area contributed by atoms with Crippen LogP contribution in [0.3, 0.4) is 0 Å². The van der Waals surface area contributed by atoms with Crippen molar-refractivity contribution in [3.63, 3.8) is 0 Å². The molecule has 1 aliphatic rings. The molecule has 2 amide bonds. The van der Waals surface area contributed by atoms with Crippen molar-refractivity contribution < 1.29 is 19.5 Å². The Morgan fingerprint density at radius 1 is 1.38 bits per heavy atom. The van der Waals surface area contributed by atoms with E-state index in [2.05, 4.69) is 5.32 Å². The van der Waals surface area contributed by atoms with Crippen LogP contribution in [0.4, 0.5) is 5.69 Å². The number of piperidine rings is 1. The topological polar surface area (TPSA) is 86.7 Å². The fourth-order valence-corrected chi connectivity index (χ4v) is 3.06. The molecule has 130 valence electrons. The monoisotopic (exact) mass is 352 g/mol. The lowest BCUT2D eigenvalue weighted by molar-refractivity contribution is -0.134. The minimum Gasteiger partial charge on any atom is -0.478 e. The number of nitrogens with zero attached hydrogens (tertiary/aromatic N) is 1. The van der Waals surface area contributed by atoms with Crippen molar-refractivity contribution in [2.24, 2.45) is 5.92 Å². The Morgan fingerprint density at radius 3 is 2.75 bits per heavy atom. The molecule has 7 heteroatoms. The zero-order valence-electron chi connectivity index (χ0n) is 13.5. The van der Waals surface area contributed by atoms with E-state index in [1.807, 2.05) is 6.92 Å². The number of halogens is 1. The summed E-state index contributed by atoms with van der Waals surface area (Å²) >= 11 is 5.91. The first-order valence-electron chi connectivity index (χ1n) is 8.03. The number of hydrogen-bond donors (Lipinski definition) is 2. The van der Waals surface area contributed by atoms with E-state index in [-0.39, 0.29) is 28.3 Å². The van der Waals surface area contributed by atoms with E-state index in [0.29, 0.717) is 25.2 Å². The van der Waals surface area contributed by atoms with E-state index in [4.69, 9.17) is 16.7 Å². The van der Waals surface area contributed by atoms with Crippen molar-refractivity contribution in [2.45, 2.75) is 32.6 Å². The molecule has 1 saturated heterocycles. The summed E-state index contributed by atoms with van der Waals surface area (Å²) in [5.74, 6) is -1.47. The largest absolute Gasteiger partial charge is 0.478 e. The number of carbonyl (C=O) groups excluding carboxylic acids is 2. The second kappa shape index (κ2) is 8.15. The van der Waals surface area contributed by atoms with E-state index in [9.17, 15) is 14.4 Å². The van der Waals surface area contributed by atoms with Crippen molar-refractivity contribution in [3.8, 4) is 0 Å². The predicted molar refractivity (Wildman–Crippen MR) is 91.3 cm³/mol. The highest BCUT2D eigenvalue weighted by atomic mass is 35.5. The van der Waals surface area contributed by atoms with Crippen LogP contribution in [-0.2, 0) is 9.59 Å². The molecule has 6 nitrogen and oxygen atoms in total. The molecule has 0 aliphatic carbocycles. The second-order valence-electron chi connectivity index (χ2n) is 5.92. The summed E-state index contributed by atoms with van der Waals surface area (Å²) in [7, 11) is 0. The van der Waals surface area contributed by atoms with Gasteiger partial charge < -0.3 is 15.3 Å². The third-order valence-corrected chi connectivity index (χ3v) is 4.39. The maximum Gasteiger partial charge on any atom is 0.337 e. The van der Waals surface area contributed by atoms with Crippen LogP contribution >= 0.6 is 11.6 Å². The Morgan fingerprint density at radius 2 is 2.12 bits per heavy atom. The van der Waals surface area contributed by atoms with Gasteiger partial charge >= 0.3 is 5.97 Å². The van der Waals surface area contributed by atoms with Crippen molar-refractivity contribution in [2.75, 3.05) is 18.4 Å². The highest BCUT2D eigenvalue weighted by Gasteiger charge is 2.28. The predicted octanol–water partition coefficient (Wildman–Crippen LogP) is 3.02. The van der Waals surface area contributed by atoms with Gasteiger partial charge in [-0.25, -0.2) is 4.79 Å². The van der Waals surface area contributed by atoms with E-state index in [1.54, 1.807) is 4.90 Å². The van der Waals surface area contributed by atoms with Gasteiger partial charge in [-0.2, -0.15) is 0 Å². The number of benzene rings is 1. The average Bonchev–Trinajstić information content (AvgIpc) is 2.55. The molecule has 0 spiro atoms. The lowest BCUT2D eigenvalue weighted by Gasteiger charge is -2.32. The molecule has 1 fully saturated rings. The summed E-state index contributed by atoms with van der Waals surface area (Å²) in [5, 5.41) is 11.8. The summed E-state index contributed by atoms with van der Waals surface area (Å²) < 4.78 is 0. The molecule has 0 radical (unpaired) electrons. The van der Waals surface area contributed by atoms with E-state index in [0.717, 1.165) is 19.3 Å². The summed E-state index contributed by atoms with van der Waals surface area (Å²) in [6.07, 6.45) is 2.82. The Kier molecular flexibility index (Phi) is 6.20. The zero-order chi connectivity index (χ0) is 17.7. The van der Waals surface area contributed by atoms with Crippen LogP contribution in [0.2, 0.25) is 5.02 Å². The lowest BCUT2D eigenvalue weighted by atomic mass is 9.96. The highest BCUT2D eigenvalue weighted by molar-refractivity contribution is 6.33. The molecule has 24 heavy (non-hydrogen) atoms. The SMILES string of the molecule is CCCC(=O)N1CCCC(C(=O)Nc2ccc(C(=O)O)c(Cl)c2)C1. The van der Waals surface area contributed by atoms with Crippen LogP contribution in [0.15, 0.2) is 18.2 Å². The molecule has 1 aliphatic heterocycles. The fourth-order valence-electron chi connectivity index (χ4n) is 2.80. The van der Waals surface area contributed by atoms with Crippen LogP contribution in [0.5, 0.6) is 0 Å². The summed E-state index contributed by atoms with van der Waals surface area (Å²) in [6.45, 7) is 3.07. The Bertz CT molecular complexity index is 647. The molecular formula is C17H21ClN2O4. The minimum absolute atomic E-state index is 0.0105. The van der Waals surface area contributed by atoms with Crippen molar-refractivity contribution in [3.05, 3.63) is 28.8 Å². The van der Waals surface area contributed by atoms with Gasteiger partial charge in [-0.1, -0.05) is 18.5 Å². The first-order chi connectivity index (χ1) is 11.4. The Labute approximate surface area is 145 Å². The Hall–Kier alpha value is -2.08. The summed E-state index contributed by atoms with van der Waals surface area (Å²) in [5.41, 5.74) is 0.440. The molecule has 0 aromatic heterocycles. The third-order valence-electron chi connectivity index (χ3n) is 4.08. The summed E-state index contributed by atoms with van der Waals surface area (Å²) in [4.78, 5) is 37.1. The number of carboxylic acid groups (broad SMARTS) is 1. The average molecular weight is 353 g/mol. The van der Waals surface area contributed by atoms with Gasteiger partial charge in [0.25, 0.3) is 0 Å². The van der Waals surface area contributed by atoms with Gasteiger partial charge in [-0.05, 0) is 37.5 Å². The van der Waals surface area contributed by atoms with Crippen molar-refractivity contribution in [1.29, 1.82) is 0 Å². The third kappa shape index (κ3) is 4.47. The number of hydrogen-bond acceptors (Lipinski definition) is 3. The molecule has 0 saturated carbocycles. The van der Waals surface area contributed by atoms with E-state index in [1.165, 1.54) is 18.2 Å². The number of rotatable bonds is 5. The highest BCUT2D eigenvalue weighted by Crippen LogP contribution is 2.23. The quantitative estimate of drug-likeness (QED) is 0.852. The van der Waals surface area contributed by atoms with E-state index < -0.39 is 5.97 Å². The van der Waals surface area contributed by atoms with E-state index >= 15 is 0 Å². The summed E-state index contributed by atoms with van der Waals surface area (Å²) in [6, 6.07) is 4.29. The minimum atomic E-state index is -1.12. The molecule has 1 unspecified atom stereocenters. The number of amides is 2. The second-order valence-corrected chi connectivity index (χ2v) is 6.33. The van der Waals surface area contributed by atoms with Gasteiger partial charge in [-0.15, -0.1) is 0 Å². The normalized spacial score (nSPS) is 17.4. The lowest BCUT2D eigenvalue weighted by Crippen LogP contribution is -2.43. The van der Waals surface area contributed by atoms with Gasteiger partial charge in [0.15, 0.2) is 0 Å². The van der Waals surface area contributed by atoms with Gasteiger partial charge in [0, 0.05) is 25.2 Å². The number of carbonyl (C=O) groups is 3. The Balaban J connectivity index is 2.00. The van der Waals surface area contributed by atoms with Gasteiger partial charge in [0.05, 0.1) is 16.5 Å². The standard InChI is InChI=1S/C17H21ClN2O4/c1-2-4-15(21)20-8-3-5-11(10-20)16(22)19-12-6-7-13(17(23)24)14(18)9-12/h6-7,9,11H,2-5,8,10H2,1H3,(H,19,22)(H,23,24). The van der Waals surface area contributed by atoms with Crippen molar-refractivity contribution >= 4 is 35.1 Å². The van der Waals surface area contributed by atoms with Crippen LogP contribution in [-0.4, -0.2) is 40.9 Å². The number of anilines is 1. The molecule has 1 aromatic carbocycles. The number of likely N-dealkylation sites (tertiary alicyclic amines) is 1. The van der Waals surface area contributed by atoms with Gasteiger partial charge in [0.2, 0.25) is 11.8 Å². The first-order valence-corrected chi connectivity index (χ1v) is 8.41. The zero-order valence-corrected chi connectivity index (χ0v) is 14.3. The molecule has 1 atom stereocenters. The maximum atomic E-state index is 12.4. The molecule has 0 bridgehead atoms. The number of aromatic carboxylic acids is 1. The number of nitrogens with one attached hydrogen (secondary N) is 1. The molecule has 1 aromatic rings. The van der Waals surface area contributed by atoms with Gasteiger partial charge in [0.1, 0.15) is 0 Å². The van der Waals surface area contributed by atoms with Gasteiger partial charge in [-0.3, -0.25) is 9.59 Å². The van der Waals surface area contributed by atoms with Crippen LogP contribution in [0, 0.1) is 5.92 Å². The molecular weight excluding hydrogens is 332 g/mol. The molecule has 2 N–H and O–H groups in total. The smallest absolute Gasteiger partial charge is 0.337 e.